The van der Waals surface area contributed by atoms with E-state index in [2.05, 4.69) is 0 Å². The van der Waals surface area contributed by atoms with Gasteiger partial charge in [-0.3, -0.25) is 4.79 Å². The second-order valence-electron chi connectivity index (χ2n) is 6.63. The first-order valence-corrected chi connectivity index (χ1v) is 8.77. The summed E-state index contributed by atoms with van der Waals surface area (Å²) in [6.45, 7) is 0.781. The smallest absolute Gasteiger partial charge is 0.338 e. The van der Waals surface area contributed by atoms with E-state index in [1.54, 1.807) is 30.3 Å². The van der Waals surface area contributed by atoms with E-state index in [1.165, 1.54) is 11.0 Å². The van der Waals surface area contributed by atoms with Crippen molar-refractivity contribution in [2.45, 2.75) is 31.3 Å². The predicted octanol–water partition coefficient (Wildman–Crippen LogP) is 4.23. The number of amides is 1. The van der Waals surface area contributed by atoms with Crippen LogP contribution in [0.5, 0.6) is 0 Å². The summed E-state index contributed by atoms with van der Waals surface area (Å²) in [6, 6.07) is 12.1. The van der Waals surface area contributed by atoms with Crippen LogP contribution in [0.3, 0.4) is 0 Å². The second-order valence-corrected chi connectivity index (χ2v) is 6.63. The van der Waals surface area contributed by atoms with Crippen molar-refractivity contribution >= 4 is 11.6 Å². The topological polar surface area (TPSA) is 38.8 Å². The highest BCUT2D eigenvalue weighted by Crippen LogP contribution is 2.45. The number of ether oxygens (including phenoxy) is 2. The minimum Gasteiger partial charge on any atom is -0.338 e. The number of nitrogens with zero attached hydrogens (tertiary/aromatic N) is 1. The molecule has 0 aromatic heterocycles. The van der Waals surface area contributed by atoms with Gasteiger partial charge in [-0.25, -0.2) is 0 Å². The highest BCUT2D eigenvalue weighted by molar-refractivity contribution is 6.06. The van der Waals surface area contributed by atoms with Crippen molar-refractivity contribution in [3.8, 4) is 0 Å². The third-order valence-corrected chi connectivity index (χ3v) is 4.82. The largest absolute Gasteiger partial charge is 0.416 e. The van der Waals surface area contributed by atoms with Gasteiger partial charge in [-0.15, -0.1) is 0 Å². The van der Waals surface area contributed by atoms with Crippen LogP contribution in [0.2, 0.25) is 0 Å². The highest BCUT2D eigenvalue weighted by Gasteiger charge is 2.54. The SMILES string of the molecule is O=C1N(Cc2cccc(C(F)(F)F)c2)c2ccccc2C12OCCCCO2. The van der Waals surface area contributed by atoms with E-state index >= 15 is 0 Å². The van der Waals surface area contributed by atoms with Gasteiger partial charge in [0.05, 0.1) is 31.0 Å². The average Bonchev–Trinajstić information content (AvgIpc) is 2.83. The first-order valence-electron chi connectivity index (χ1n) is 8.77. The molecule has 7 heteroatoms. The maximum Gasteiger partial charge on any atom is 0.416 e. The van der Waals surface area contributed by atoms with Gasteiger partial charge in [-0.2, -0.15) is 13.2 Å². The van der Waals surface area contributed by atoms with Crippen LogP contribution in [0.15, 0.2) is 48.5 Å². The number of hydrogen-bond donors (Lipinski definition) is 0. The number of halogens is 3. The molecule has 0 saturated carbocycles. The Hall–Kier alpha value is -2.38. The number of carbonyl (C=O) groups excluding carboxylic acids is 1. The molecule has 0 unspecified atom stereocenters. The lowest BCUT2D eigenvalue weighted by atomic mass is 10.1. The van der Waals surface area contributed by atoms with Crippen LogP contribution < -0.4 is 4.90 Å². The van der Waals surface area contributed by atoms with Crippen LogP contribution in [0.4, 0.5) is 18.9 Å². The van der Waals surface area contributed by atoms with Crippen molar-refractivity contribution < 1.29 is 27.4 Å². The van der Waals surface area contributed by atoms with Gasteiger partial charge in [0.2, 0.25) is 0 Å². The fourth-order valence-electron chi connectivity index (χ4n) is 3.53. The Morgan fingerprint density at radius 1 is 1.00 bits per heavy atom. The number of benzene rings is 2. The average molecular weight is 377 g/mol. The van der Waals surface area contributed by atoms with E-state index in [0.717, 1.165) is 25.0 Å². The summed E-state index contributed by atoms with van der Waals surface area (Å²) >= 11 is 0. The van der Waals surface area contributed by atoms with Crippen molar-refractivity contribution in [1.29, 1.82) is 0 Å². The number of para-hydroxylation sites is 1. The van der Waals surface area contributed by atoms with Crippen LogP contribution in [-0.2, 0) is 32.8 Å². The van der Waals surface area contributed by atoms with Gasteiger partial charge in [-0.1, -0.05) is 30.3 Å². The minimum absolute atomic E-state index is 0.00817. The monoisotopic (exact) mass is 377 g/mol. The normalized spacial score (nSPS) is 19.2. The molecule has 4 rings (SSSR count). The van der Waals surface area contributed by atoms with Crippen molar-refractivity contribution in [3.63, 3.8) is 0 Å². The molecule has 2 aliphatic rings. The summed E-state index contributed by atoms with van der Waals surface area (Å²) in [6.07, 6.45) is -2.87. The second kappa shape index (κ2) is 6.65. The Kier molecular flexibility index (Phi) is 4.44. The lowest BCUT2D eigenvalue weighted by Gasteiger charge is -2.27. The molecular weight excluding hydrogens is 359 g/mol. The Labute approximate surface area is 154 Å². The maximum absolute atomic E-state index is 13.2. The Bertz CT molecular complexity index is 858. The molecular formula is C20H18F3NO3. The van der Waals surface area contributed by atoms with Gasteiger partial charge in [0.15, 0.2) is 0 Å². The zero-order valence-corrected chi connectivity index (χ0v) is 14.5. The van der Waals surface area contributed by atoms with Gasteiger partial charge in [0.1, 0.15) is 0 Å². The van der Waals surface area contributed by atoms with Gasteiger partial charge in [-0.05, 0) is 36.6 Å². The molecule has 2 aliphatic heterocycles. The molecule has 4 nitrogen and oxygen atoms in total. The zero-order chi connectivity index (χ0) is 19.1. The van der Waals surface area contributed by atoms with Crippen LogP contribution in [0.1, 0.15) is 29.5 Å². The zero-order valence-electron chi connectivity index (χ0n) is 14.5. The van der Waals surface area contributed by atoms with E-state index in [4.69, 9.17) is 9.47 Å². The third kappa shape index (κ3) is 3.11. The van der Waals surface area contributed by atoms with Crippen molar-refractivity contribution in [1.82, 2.24) is 0 Å². The summed E-state index contributed by atoms with van der Waals surface area (Å²) in [7, 11) is 0. The third-order valence-electron chi connectivity index (χ3n) is 4.82. The molecule has 0 N–H and O–H groups in total. The molecule has 0 atom stereocenters. The fraction of sp³-hybridized carbons (Fsp3) is 0.350. The van der Waals surface area contributed by atoms with Gasteiger partial charge in [0, 0.05) is 5.56 Å². The molecule has 2 heterocycles. The molecule has 1 spiro atoms. The molecule has 0 radical (unpaired) electrons. The number of rotatable bonds is 2. The van der Waals surface area contributed by atoms with Gasteiger partial charge in [0.25, 0.3) is 11.7 Å². The first-order chi connectivity index (χ1) is 12.9. The summed E-state index contributed by atoms with van der Waals surface area (Å²) < 4.78 is 50.7. The Balaban J connectivity index is 1.71. The number of carbonyl (C=O) groups is 1. The summed E-state index contributed by atoms with van der Waals surface area (Å²) in [4.78, 5) is 14.7. The van der Waals surface area contributed by atoms with Crippen LogP contribution in [0, 0.1) is 0 Å². The lowest BCUT2D eigenvalue weighted by Crippen LogP contribution is -2.44. The predicted molar refractivity (Wildman–Crippen MR) is 91.9 cm³/mol. The molecule has 2 aromatic rings. The summed E-state index contributed by atoms with van der Waals surface area (Å²) in [5.74, 6) is -1.91. The summed E-state index contributed by atoms with van der Waals surface area (Å²) in [5.41, 5.74) is 0.848. The van der Waals surface area contributed by atoms with Crippen LogP contribution in [0.25, 0.3) is 0 Å². The van der Waals surface area contributed by atoms with E-state index < -0.39 is 23.4 Å². The van der Waals surface area contributed by atoms with Crippen molar-refractivity contribution in [2.75, 3.05) is 18.1 Å². The van der Waals surface area contributed by atoms with E-state index in [9.17, 15) is 18.0 Å². The standard InChI is InChI=1S/C20H18F3NO3/c21-20(22,23)15-7-5-6-14(12-15)13-24-17-9-2-1-8-16(17)19(18(24)25)26-10-3-4-11-27-19/h1-2,5-9,12H,3-4,10-11,13H2. The highest BCUT2D eigenvalue weighted by atomic mass is 19.4. The molecule has 0 bridgehead atoms. The van der Waals surface area contributed by atoms with Crippen LogP contribution in [-0.4, -0.2) is 19.1 Å². The number of alkyl halides is 3. The van der Waals surface area contributed by atoms with Gasteiger partial charge >= 0.3 is 6.18 Å². The lowest BCUT2D eigenvalue weighted by molar-refractivity contribution is -0.222. The van der Waals surface area contributed by atoms with E-state index in [-0.39, 0.29) is 6.54 Å². The van der Waals surface area contributed by atoms with Crippen LogP contribution >= 0.6 is 0 Å². The molecule has 142 valence electrons. The quantitative estimate of drug-likeness (QED) is 0.786. The molecule has 27 heavy (non-hydrogen) atoms. The minimum atomic E-state index is -4.43. The fourth-order valence-corrected chi connectivity index (χ4v) is 3.53. The molecule has 2 aromatic carbocycles. The maximum atomic E-state index is 13.2. The van der Waals surface area contributed by atoms with Gasteiger partial charge < -0.3 is 14.4 Å². The Morgan fingerprint density at radius 3 is 2.41 bits per heavy atom. The molecule has 1 amide bonds. The summed E-state index contributed by atoms with van der Waals surface area (Å²) in [5, 5.41) is 0. The number of hydrogen-bond acceptors (Lipinski definition) is 3. The van der Waals surface area contributed by atoms with E-state index in [0.29, 0.717) is 30.0 Å². The molecule has 1 fully saturated rings. The Morgan fingerprint density at radius 2 is 1.70 bits per heavy atom. The number of fused-ring (bicyclic) bond motifs is 2. The molecule has 1 saturated heterocycles. The first kappa shape index (κ1) is 18.0. The molecule has 0 aliphatic carbocycles. The van der Waals surface area contributed by atoms with Crippen molar-refractivity contribution in [3.05, 3.63) is 65.2 Å². The van der Waals surface area contributed by atoms with E-state index in [1.807, 2.05) is 0 Å². The van der Waals surface area contributed by atoms with Crippen molar-refractivity contribution in [2.24, 2.45) is 0 Å². The number of anilines is 1.